The van der Waals surface area contributed by atoms with Crippen LogP contribution in [0.25, 0.3) is 0 Å². The lowest BCUT2D eigenvalue weighted by Crippen LogP contribution is -2.41. The molecular weight excluding hydrogens is 330 g/mol. The first-order valence-electron chi connectivity index (χ1n) is 8.13. The summed E-state index contributed by atoms with van der Waals surface area (Å²) < 4.78 is 5.11. The highest BCUT2D eigenvalue weighted by molar-refractivity contribution is 6.32. The Morgan fingerprint density at radius 2 is 2.12 bits per heavy atom. The number of carbonyl (C=O) groups is 2. The zero-order valence-corrected chi connectivity index (χ0v) is 14.4. The van der Waals surface area contributed by atoms with Crippen molar-refractivity contribution >= 4 is 23.4 Å². The first kappa shape index (κ1) is 17.0. The fourth-order valence-electron chi connectivity index (χ4n) is 3.48. The van der Waals surface area contributed by atoms with E-state index in [-0.39, 0.29) is 24.4 Å². The van der Waals surface area contributed by atoms with E-state index in [4.69, 9.17) is 22.1 Å². The third kappa shape index (κ3) is 3.82. The third-order valence-electron chi connectivity index (χ3n) is 4.78. The largest absolute Gasteiger partial charge is 0.495 e. The number of nitrogens with two attached hydrogens (primary N) is 1. The number of amides is 2. The van der Waals surface area contributed by atoms with E-state index in [1.54, 1.807) is 18.2 Å². The molecule has 1 aliphatic carbocycles. The van der Waals surface area contributed by atoms with E-state index in [2.05, 4.69) is 5.32 Å². The highest BCUT2D eigenvalue weighted by Gasteiger charge is 2.43. The number of hydrogen-bond donors (Lipinski definition) is 2. The second-order valence-electron chi connectivity index (χ2n) is 6.59. The summed E-state index contributed by atoms with van der Waals surface area (Å²) in [7, 11) is 1.53. The van der Waals surface area contributed by atoms with E-state index in [1.807, 2.05) is 4.90 Å². The maximum Gasteiger partial charge on any atom is 0.251 e. The van der Waals surface area contributed by atoms with E-state index in [0.717, 1.165) is 6.54 Å². The van der Waals surface area contributed by atoms with E-state index in [1.165, 1.54) is 20.0 Å². The predicted octanol–water partition coefficient (Wildman–Crippen LogP) is 1.27. The molecule has 130 valence electrons. The molecule has 2 atom stereocenters. The Kier molecular flexibility index (Phi) is 4.96. The van der Waals surface area contributed by atoms with Crippen molar-refractivity contribution in [2.45, 2.75) is 18.9 Å². The molecule has 1 aromatic rings. The van der Waals surface area contributed by atoms with Crippen molar-refractivity contribution < 1.29 is 14.3 Å². The molecule has 1 heterocycles. The maximum absolute atomic E-state index is 12.5. The fourth-order valence-corrected chi connectivity index (χ4v) is 3.73. The number of nitrogens with one attached hydrogen (secondary N) is 1. The molecule has 1 saturated carbocycles. The maximum atomic E-state index is 12.5. The van der Waals surface area contributed by atoms with Gasteiger partial charge in [0.05, 0.1) is 18.7 Å². The number of primary amides is 1. The standard InChI is InChI=1S/C17H22ClN3O3/c1-24-15-5-4-11(6-13(15)18)17(23)20-14-8-21(9-16(19)22)7-12(14)10-2-3-10/h4-6,10,12,14H,2-3,7-9H2,1H3,(H2,19,22)(H,20,23)/t12-,14+/m0/s1. The van der Waals surface area contributed by atoms with Crippen LogP contribution < -0.4 is 15.8 Å². The summed E-state index contributed by atoms with van der Waals surface area (Å²) in [5.41, 5.74) is 5.80. The van der Waals surface area contributed by atoms with Crippen molar-refractivity contribution in [3.05, 3.63) is 28.8 Å². The van der Waals surface area contributed by atoms with Gasteiger partial charge >= 0.3 is 0 Å². The van der Waals surface area contributed by atoms with E-state index < -0.39 is 0 Å². The van der Waals surface area contributed by atoms with Crippen molar-refractivity contribution in [3.8, 4) is 5.75 Å². The van der Waals surface area contributed by atoms with Crippen LogP contribution in [-0.4, -0.2) is 49.5 Å². The van der Waals surface area contributed by atoms with Crippen LogP contribution in [0.3, 0.4) is 0 Å². The van der Waals surface area contributed by atoms with Crippen molar-refractivity contribution in [2.75, 3.05) is 26.7 Å². The monoisotopic (exact) mass is 351 g/mol. The molecule has 0 radical (unpaired) electrons. The smallest absolute Gasteiger partial charge is 0.251 e. The van der Waals surface area contributed by atoms with Gasteiger partial charge in [0.15, 0.2) is 0 Å². The molecule has 3 rings (SSSR count). The first-order valence-corrected chi connectivity index (χ1v) is 8.50. The number of ether oxygens (including phenoxy) is 1. The highest BCUT2D eigenvalue weighted by Crippen LogP contribution is 2.41. The number of methoxy groups -OCH3 is 1. The van der Waals surface area contributed by atoms with Crippen LogP contribution in [0.4, 0.5) is 0 Å². The number of nitrogens with zero attached hydrogens (tertiary/aromatic N) is 1. The second-order valence-corrected chi connectivity index (χ2v) is 7.00. The lowest BCUT2D eigenvalue weighted by Gasteiger charge is -2.19. The zero-order chi connectivity index (χ0) is 17.3. The van der Waals surface area contributed by atoms with Gasteiger partial charge in [-0.25, -0.2) is 0 Å². The Hall–Kier alpha value is -1.79. The summed E-state index contributed by atoms with van der Waals surface area (Å²) in [6.07, 6.45) is 2.38. The minimum absolute atomic E-state index is 0.0326. The molecule has 7 heteroatoms. The topological polar surface area (TPSA) is 84.7 Å². The number of hydrogen-bond acceptors (Lipinski definition) is 4. The Morgan fingerprint density at radius 1 is 1.38 bits per heavy atom. The average Bonchev–Trinajstić information content (AvgIpc) is 3.30. The third-order valence-corrected chi connectivity index (χ3v) is 5.07. The molecule has 24 heavy (non-hydrogen) atoms. The number of halogens is 1. The van der Waals surface area contributed by atoms with Gasteiger partial charge in [0, 0.05) is 24.7 Å². The molecule has 0 bridgehead atoms. The van der Waals surface area contributed by atoms with Gasteiger partial charge in [-0.15, -0.1) is 0 Å². The van der Waals surface area contributed by atoms with Gasteiger partial charge in [-0.2, -0.15) is 0 Å². The summed E-state index contributed by atoms with van der Waals surface area (Å²) in [4.78, 5) is 25.7. The van der Waals surface area contributed by atoms with Crippen LogP contribution in [0.2, 0.25) is 5.02 Å². The van der Waals surface area contributed by atoms with Crippen molar-refractivity contribution in [3.63, 3.8) is 0 Å². The molecule has 0 unspecified atom stereocenters. The van der Waals surface area contributed by atoms with E-state index in [0.29, 0.717) is 34.7 Å². The quantitative estimate of drug-likeness (QED) is 0.808. The Morgan fingerprint density at radius 3 is 2.71 bits per heavy atom. The second kappa shape index (κ2) is 6.99. The Balaban J connectivity index is 1.67. The van der Waals surface area contributed by atoms with E-state index >= 15 is 0 Å². The fraction of sp³-hybridized carbons (Fsp3) is 0.529. The van der Waals surface area contributed by atoms with Crippen molar-refractivity contribution in [2.24, 2.45) is 17.6 Å². The average molecular weight is 352 g/mol. The molecular formula is C17H22ClN3O3. The van der Waals surface area contributed by atoms with Crippen LogP contribution in [0.1, 0.15) is 23.2 Å². The molecule has 1 aromatic carbocycles. The van der Waals surface area contributed by atoms with Crippen LogP contribution in [-0.2, 0) is 4.79 Å². The molecule has 0 spiro atoms. The van der Waals surface area contributed by atoms with Crippen LogP contribution in [0.5, 0.6) is 5.75 Å². The Bertz CT molecular complexity index is 648. The normalized spacial score (nSPS) is 23.9. The van der Waals surface area contributed by atoms with Gasteiger partial charge in [0.25, 0.3) is 5.91 Å². The molecule has 6 nitrogen and oxygen atoms in total. The molecule has 2 aliphatic rings. The van der Waals surface area contributed by atoms with Gasteiger partial charge < -0.3 is 15.8 Å². The summed E-state index contributed by atoms with van der Waals surface area (Å²) >= 11 is 6.10. The number of likely N-dealkylation sites (tertiary alicyclic amines) is 1. The van der Waals surface area contributed by atoms with Gasteiger partial charge in [-0.05, 0) is 42.9 Å². The van der Waals surface area contributed by atoms with Gasteiger partial charge in [-0.1, -0.05) is 11.6 Å². The number of rotatable bonds is 6. The predicted molar refractivity (Wildman–Crippen MR) is 91.1 cm³/mol. The number of benzene rings is 1. The molecule has 1 saturated heterocycles. The van der Waals surface area contributed by atoms with Crippen LogP contribution >= 0.6 is 11.6 Å². The molecule has 3 N–H and O–H groups in total. The zero-order valence-electron chi connectivity index (χ0n) is 13.6. The summed E-state index contributed by atoms with van der Waals surface area (Å²) in [5.74, 6) is 1.06. The van der Waals surface area contributed by atoms with Gasteiger partial charge in [0.1, 0.15) is 5.75 Å². The minimum Gasteiger partial charge on any atom is -0.495 e. The molecule has 0 aromatic heterocycles. The molecule has 2 amide bonds. The lowest BCUT2D eigenvalue weighted by molar-refractivity contribution is -0.118. The first-order chi connectivity index (χ1) is 11.5. The van der Waals surface area contributed by atoms with Crippen molar-refractivity contribution in [1.82, 2.24) is 10.2 Å². The SMILES string of the molecule is COc1ccc(C(=O)N[C@@H]2CN(CC(N)=O)C[C@H]2C2CC2)cc1Cl. The lowest BCUT2D eigenvalue weighted by atomic mass is 9.98. The van der Waals surface area contributed by atoms with Gasteiger partial charge in [0.2, 0.25) is 5.91 Å². The Labute approximate surface area is 146 Å². The van der Waals surface area contributed by atoms with Crippen LogP contribution in [0.15, 0.2) is 18.2 Å². The highest BCUT2D eigenvalue weighted by atomic mass is 35.5. The number of carbonyl (C=O) groups excluding carboxylic acids is 2. The van der Waals surface area contributed by atoms with Crippen LogP contribution in [0, 0.1) is 11.8 Å². The van der Waals surface area contributed by atoms with E-state index in [9.17, 15) is 9.59 Å². The minimum atomic E-state index is -0.335. The summed E-state index contributed by atoms with van der Waals surface area (Å²) in [6, 6.07) is 5.02. The van der Waals surface area contributed by atoms with Gasteiger partial charge in [-0.3, -0.25) is 14.5 Å². The summed E-state index contributed by atoms with van der Waals surface area (Å²) in [5, 5.41) is 3.51. The molecule has 2 fully saturated rings. The van der Waals surface area contributed by atoms with Crippen molar-refractivity contribution in [1.29, 1.82) is 0 Å². The summed E-state index contributed by atoms with van der Waals surface area (Å²) in [6.45, 7) is 1.70. The molecule has 1 aliphatic heterocycles.